The van der Waals surface area contributed by atoms with Crippen molar-refractivity contribution in [2.75, 3.05) is 12.4 Å². The summed E-state index contributed by atoms with van der Waals surface area (Å²) >= 11 is 1.12. The second kappa shape index (κ2) is 9.33. The molecule has 0 radical (unpaired) electrons. The van der Waals surface area contributed by atoms with Gasteiger partial charge in [-0.25, -0.2) is 4.39 Å². The Kier molecular flexibility index (Phi) is 6.61. The zero-order valence-corrected chi connectivity index (χ0v) is 16.6. The van der Waals surface area contributed by atoms with E-state index < -0.39 is 5.25 Å². The Morgan fingerprint density at radius 2 is 2.03 bits per heavy atom. The van der Waals surface area contributed by atoms with Gasteiger partial charge in [0.25, 0.3) is 0 Å². The van der Waals surface area contributed by atoms with Crippen molar-refractivity contribution in [1.29, 1.82) is 0 Å². The molecule has 2 aromatic carbocycles. The van der Waals surface area contributed by atoms with E-state index in [1.807, 2.05) is 0 Å². The fourth-order valence-electron chi connectivity index (χ4n) is 2.53. The molecule has 1 atom stereocenters. The van der Waals surface area contributed by atoms with Crippen molar-refractivity contribution in [2.45, 2.75) is 18.6 Å². The minimum absolute atomic E-state index is 0.0279. The summed E-state index contributed by atoms with van der Waals surface area (Å²) in [4.78, 5) is 24.6. The third-order valence-electron chi connectivity index (χ3n) is 4.05. The maximum atomic E-state index is 13.0. The number of halogens is 1. The number of methoxy groups -OCH3 is 1. The van der Waals surface area contributed by atoms with Gasteiger partial charge in [-0.3, -0.25) is 9.59 Å². The van der Waals surface area contributed by atoms with Crippen molar-refractivity contribution in [1.82, 2.24) is 5.32 Å². The molecule has 3 rings (SSSR count). The van der Waals surface area contributed by atoms with E-state index in [1.165, 1.54) is 12.1 Å². The first kappa shape index (κ1) is 20.5. The second-order valence-electron chi connectivity index (χ2n) is 6.18. The number of nitrogens with one attached hydrogen (secondary N) is 2. The largest absolute Gasteiger partial charge is 0.497 e. The molecule has 9 heteroatoms. The van der Waals surface area contributed by atoms with Crippen LogP contribution in [0.1, 0.15) is 18.9 Å². The quantitative estimate of drug-likeness (QED) is 0.581. The third-order valence-corrected chi connectivity index (χ3v) is 5.13. The molecule has 0 aromatic heterocycles. The molecule has 0 bridgehead atoms. The average Bonchev–Trinajstić information content (AvgIpc) is 2.72. The van der Waals surface area contributed by atoms with Gasteiger partial charge in [0, 0.05) is 18.2 Å². The van der Waals surface area contributed by atoms with E-state index in [0.29, 0.717) is 22.7 Å². The zero-order chi connectivity index (χ0) is 20.8. The van der Waals surface area contributed by atoms with Crippen LogP contribution in [-0.2, 0) is 9.59 Å². The van der Waals surface area contributed by atoms with E-state index in [2.05, 4.69) is 20.8 Å². The Hall–Kier alpha value is -3.20. The number of carbonyl (C=O) groups excluding carboxylic acids is 2. The first-order chi connectivity index (χ1) is 13.9. The smallest absolute Gasteiger partial charge is 0.238 e. The van der Waals surface area contributed by atoms with Gasteiger partial charge in [-0.05, 0) is 36.8 Å². The number of thioether (sulfide) groups is 1. The summed E-state index contributed by atoms with van der Waals surface area (Å²) in [7, 11) is 1.54. The standard InChI is InChI=1S/C20H19FN4O3S/c1-12(13-6-8-14(21)9-7-13)24-25-20-23-18(26)11-17(29-20)19(27)22-15-4-3-5-16(10-15)28-2/h3-10,17H,11H2,1-2H3,(H,22,27)(H,23,25,26)/b24-12+/t17-/m1/s1. The Morgan fingerprint density at radius 3 is 2.76 bits per heavy atom. The van der Waals surface area contributed by atoms with Gasteiger partial charge in [-0.2, -0.15) is 5.10 Å². The zero-order valence-electron chi connectivity index (χ0n) is 15.8. The predicted octanol–water partition coefficient (Wildman–Crippen LogP) is 3.17. The topological polar surface area (TPSA) is 92.1 Å². The number of ether oxygens (including phenoxy) is 1. The molecular formula is C20H19FN4O3S. The molecule has 1 aliphatic rings. The summed E-state index contributed by atoms with van der Waals surface area (Å²) in [5.41, 5.74) is 1.83. The molecule has 0 spiro atoms. The lowest BCUT2D eigenvalue weighted by Crippen LogP contribution is -2.41. The van der Waals surface area contributed by atoms with Gasteiger partial charge < -0.3 is 15.4 Å². The van der Waals surface area contributed by atoms with Crippen LogP contribution in [0.5, 0.6) is 5.75 Å². The molecule has 29 heavy (non-hydrogen) atoms. The summed E-state index contributed by atoms with van der Waals surface area (Å²) in [5.74, 6) is -0.356. The van der Waals surface area contributed by atoms with Crippen molar-refractivity contribution in [3.8, 4) is 5.75 Å². The Bertz CT molecular complexity index is 976. The molecule has 2 N–H and O–H groups in total. The summed E-state index contributed by atoms with van der Waals surface area (Å²) in [5, 5.41) is 13.1. The Balaban J connectivity index is 1.69. The minimum atomic E-state index is -0.643. The number of amides is 2. The van der Waals surface area contributed by atoms with Crippen molar-refractivity contribution >= 4 is 40.1 Å². The van der Waals surface area contributed by atoms with Gasteiger partial charge >= 0.3 is 0 Å². The highest BCUT2D eigenvalue weighted by Gasteiger charge is 2.30. The van der Waals surface area contributed by atoms with Crippen LogP contribution in [-0.4, -0.2) is 35.1 Å². The maximum absolute atomic E-state index is 13.0. The third kappa shape index (κ3) is 5.64. The van der Waals surface area contributed by atoms with Crippen molar-refractivity contribution in [3.05, 3.63) is 59.9 Å². The molecule has 7 nitrogen and oxygen atoms in total. The van der Waals surface area contributed by atoms with Gasteiger partial charge in [0.05, 0.1) is 12.8 Å². The second-order valence-corrected chi connectivity index (χ2v) is 7.37. The number of hydrogen-bond donors (Lipinski definition) is 2. The maximum Gasteiger partial charge on any atom is 0.238 e. The van der Waals surface area contributed by atoms with E-state index in [0.717, 1.165) is 11.8 Å². The Morgan fingerprint density at radius 1 is 1.28 bits per heavy atom. The first-order valence-electron chi connectivity index (χ1n) is 8.74. The lowest BCUT2D eigenvalue weighted by atomic mass is 10.1. The van der Waals surface area contributed by atoms with Gasteiger partial charge in [-0.1, -0.05) is 30.0 Å². The molecule has 2 amide bonds. The predicted molar refractivity (Wildman–Crippen MR) is 112 cm³/mol. The molecule has 0 saturated carbocycles. The number of benzene rings is 2. The van der Waals surface area contributed by atoms with Crippen LogP contribution < -0.4 is 15.4 Å². The molecule has 0 aliphatic carbocycles. The lowest BCUT2D eigenvalue weighted by molar-refractivity contribution is -0.123. The number of anilines is 1. The highest BCUT2D eigenvalue weighted by Crippen LogP contribution is 2.24. The lowest BCUT2D eigenvalue weighted by Gasteiger charge is -2.21. The highest BCUT2D eigenvalue weighted by atomic mass is 32.2. The summed E-state index contributed by atoms with van der Waals surface area (Å²) in [6, 6.07) is 12.8. The normalized spacial score (nSPS) is 18.3. The summed E-state index contributed by atoms with van der Waals surface area (Å²) < 4.78 is 18.2. The van der Waals surface area contributed by atoms with E-state index in [4.69, 9.17) is 4.74 Å². The molecule has 1 aliphatic heterocycles. The van der Waals surface area contributed by atoms with Crippen LogP contribution in [0.2, 0.25) is 0 Å². The van der Waals surface area contributed by atoms with E-state index >= 15 is 0 Å². The highest BCUT2D eigenvalue weighted by molar-refractivity contribution is 8.15. The van der Waals surface area contributed by atoms with Gasteiger partial charge in [0.1, 0.15) is 16.8 Å². The van der Waals surface area contributed by atoms with Crippen LogP contribution >= 0.6 is 11.8 Å². The number of hydrogen-bond acceptors (Lipinski definition) is 6. The van der Waals surface area contributed by atoms with E-state index in [-0.39, 0.29) is 29.2 Å². The minimum Gasteiger partial charge on any atom is -0.497 e. The van der Waals surface area contributed by atoms with Crippen LogP contribution in [0.3, 0.4) is 0 Å². The molecular weight excluding hydrogens is 395 g/mol. The number of amidine groups is 1. The molecule has 0 unspecified atom stereocenters. The fourth-order valence-corrected chi connectivity index (χ4v) is 3.46. The molecule has 1 saturated heterocycles. The van der Waals surface area contributed by atoms with Gasteiger partial charge in [-0.15, -0.1) is 5.10 Å². The van der Waals surface area contributed by atoms with E-state index in [1.54, 1.807) is 50.4 Å². The number of rotatable bonds is 5. The van der Waals surface area contributed by atoms with Crippen LogP contribution in [0.4, 0.5) is 10.1 Å². The summed E-state index contributed by atoms with van der Waals surface area (Å²) in [6.07, 6.45) is 0.0279. The Labute approximate surface area is 171 Å². The van der Waals surface area contributed by atoms with Gasteiger partial charge in [0.2, 0.25) is 11.8 Å². The van der Waals surface area contributed by atoms with Gasteiger partial charge in [0.15, 0.2) is 5.17 Å². The van der Waals surface area contributed by atoms with Crippen molar-refractivity contribution in [2.24, 2.45) is 10.2 Å². The SMILES string of the molecule is COc1cccc(NC(=O)[C@H]2CC(=O)N/C(=N\N=C(/C)c3ccc(F)cc3)S2)c1. The van der Waals surface area contributed by atoms with Crippen LogP contribution in [0.25, 0.3) is 0 Å². The fraction of sp³-hybridized carbons (Fsp3) is 0.200. The number of nitrogens with zero attached hydrogens (tertiary/aromatic N) is 2. The summed E-state index contributed by atoms with van der Waals surface area (Å²) in [6.45, 7) is 1.72. The van der Waals surface area contributed by atoms with Crippen molar-refractivity contribution < 1.29 is 18.7 Å². The van der Waals surface area contributed by atoms with Crippen molar-refractivity contribution in [3.63, 3.8) is 0 Å². The number of carbonyl (C=O) groups is 2. The monoisotopic (exact) mass is 414 g/mol. The molecule has 1 heterocycles. The molecule has 2 aromatic rings. The average molecular weight is 414 g/mol. The first-order valence-corrected chi connectivity index (χ1v) is 9.62. The van der Waals surface area contributed by atoms with E-state index in [9.17, 15) is 14.0 Å². The molecule has 1 fully saturated rings. The van der Waals surface area contributed by atoms with Crippen LogP contribution in [0, 0.1) is 5.82 Å². The molecule has 150 valence electrons. The van der Waals surface area contributed by atoms with Crippen LogP contribution in [0.15, 0.2) is 58.7 Å².